The second-order valence-corrected chi connectivity index (χ2v) is 18.3. The normalized spacial score (nSPS) is 26.1. The lowest BCUT2D eigenvalue weighted by atomic mass is 10.0. The SMILES string of the molecule is CC(C)(C)OC(=O)NC1CCCCCC=CCCC(C(=O)O)NC(=O)C2CC(O[Si](C)(C)C(C)(C)C)CN2C1=O. The fraction of sp³-hybridized carbons (Fsp3) is 0.793. The van der Waals surface area contributed by atoms with E-state index in [0.29, 0.717) is 12.8 Å². The third-order valence-electron chi connectivity index (χ3n) is 7.87. The number of carboxylic acid groups (broad SMARTS) is 1. The van der Waals surface area contributed by atoms with Crippen LogP contribution in [0.4, 0.5) is 4.79 Å². The molecule has 2 aliphatic rings. The van der Waals surface area contributed by atoms with Crippen LogP contribution in [0.5, 0.6) is 0 Å². The molecule has 4 atom stereocenters. The van der Waals surface area contributed by atoms with Crippen LogP contribution in [0.1, 0.15) is 92.9 Å². The van der Waals surface area contributed by atoms with Gasteiger partial charge in [0.2, 0.25) is 11.8 Å². The number of ether oxygens (including phenoxy) is 1. The van der Waals surface area contributed by atoms with Crippen molar-refractivity contribution >= 4 is 32.2 Å². The van der Waals surface area contributed by atoms with Crippen LogP contribution >= 0.6 is 0 Å². The lowest BCUT2D eigenvalue weighted by molar-refractivity contribution is -0.144. The van der Waals surface area contributed by atoms with Crippen LogP contribution in [0.25, 0.3) is 0 Å². The Labute approximate surface area is 240 Å². The summed E-state index contributed by atoms with van der Waals surface area (Å²) < 4.78 is 12.0. The Bertz CT molecular complexity index is 939. The number of hydrogen-bond donors (Lipinski definition) is 3. The van der Waals surface area contributed by atoms with E-state index in [1.165, 1.54) is 4.90 Å². The molecule has 10 nitrogen and oxygen atoms in total. The van der Waals surface area contributed by atoms with Gasteiger partial charge < -0.3 is 29.8 Å². The third-order valence-corrected chi connectivity index (χ3v) is 12.4. The second-order valence-electron chi connectivity index (χ2n) is 13.5. The zero-order valence-electron chi connectivity index (χ0n) is 25.7. The van der Waals surface area contributed by atoms with Gasteiger partial charge >= 0.3 is 12.1 Å². The van der Waals surface area contributed by atoms with E-state index in [0.717, 1.165) is 25.7 Å². The first-order valence-corrected chi connectivity index (χ1v) is 17.5. The maximum absolute atomic E-state index is 14.0. The van der Waals surface area contributed by atoms with Gasteiger partial charge in [0, 0.05) is 13.0 Å². The van der Waals surface area contributed by atoms with Crippen molar-refractivity contribution in [2.75, 3.05) is 6.54 Å². The smallest absolute Gasteiger partial charge is 0.408 e. The molecule has 2 rings (SSSR count). The Hall–Kier alpha value is -2.40. The highest BCUT2D eigenvalue weighted by Gasteiger charge is 2.47. The summed E-state index contributed by atoms with van der Waals surface area (Å²) in [4.78, 5) is 53.6. The molecule has 11 heteroatoms. The Morgan fingerprint density at radius 2 is 1.68 bits per heavy atom. The summed E-state index contributed by atoms with van der Waals surface area (Å²) in [6.45, 7) is 16.1. The van der Waals surface area contributed by atoms with Gasteiger partial charge in [-0.2, -0.15) is 0 Å². The minimum absolute atomic E-state index is 0.0722. The third kappa shape index (κ3) is 10.2. The van der Waals surface area contributed by atoms with E-state index >= 15 is 0 Å². The summed E-state index contributed by atoms with van der Waals surface area (Å²) in [5.41, 5.74) is -0.734. The predicted molar refractivity (Wildman–Crippen MR) is 156 cm³/mol. The minimum Gasteiger partial charge on any atom is -0.480 e. The molecule has 1 fully saturated rings. The van der Waals surface area contributed by atoms with Crippen molar-refractivity contribution in [3.05, 3.63) is 12.2 Å². The first kappa shape index (κ1) is 33.8. The van der Waals surface area contributed by atoms with Gasteiger partial charge in [0.05, 0.1) is 6.10 Å². The lowest BCUT2D eigenvalue weighted by Gasteiger charge is -2.38. The van der Waals surface area contributed by atoms with Crippen LogP contribution in [-0.2, 0) is 23.5 Å². The molecule has 1 saturated heterocycles. The topological polar surface area (TPSA) is 134 Å². The summed E-state index contributed by atoms with van der Waals surface area (Å²) in [5, 5.41) is 15.1. The van der Waals surface area contributed by atoms with E-state index in [1.807, 2.05) is 12.2 Å². The van der Waals surface area contributed by atoms with Crippen molar-refractivity contribution < 1.29 is 33.4 Å². The molecule has 0 radical (unpaired) electrons. The average Bonchev–Trinajstić information content (AvgIpc) is 3.21. The molecule has 0 aromatic carbocycles. The number of carbonyl (C=O) groups is 4. The molecule has 228 valence electrons. The van der Waals surface area contributed by atoms with Crippen molar-refractivity contribution in [1.29, 1.82) is 0 Å². The van der Waals surface area contributed by atoms with E-state index in [4.69, 9.17) is 9.16 Å². The van der Waals surface area contributed by atoms with Gasteiger partial charge in [0.25, 0.3) is 0 Å². The molecule has 0 spiro atoms. The van der Waals surface area contributed by atoms with Gasteiger partial charge in [0.15, 0.2) is 8.32 Å². The van der Waals surface area contributed by atoms with E-state index in [9.17, 15) is 24.3 Å². The number of nitrogens with zero attached hydrogens (tertiary/aromatic N) is 1. The average molecular weight is 582 g/mol. The number of fused-ring (bicyclic) bond motifs is 1. The number of amides is 3. The minimum atomic E-state index is -2.23. The molecular weight excluding hydrogens is 530 g/mol. The summed E-state index contributed by atoms with van der Waals surface area (Å²) >= 11 is 0. The van der Waals surface area contributed by atoms with Crippen molar-refractivity contribution in [3.63, 3.8) is 0 Å². The second kappa shape index (κ2) is 14.0. The quantitative estimate of drug-likeness (QED) is 0.322. The Morgan fingerprint density at radius 1 is 1.02 bits per heavy atom. The fourth-order valence-electron chi connectivity index (χ4n) is 4.69. The maximum Gasteiger partial charge on any atom is 0.408 e. The van der Waals surface area contributed by atoms with Gasteiger partial charge in [-0.1, -0.05) is 45.8 Å². The molecule has 0 saturated carbocycles. The molecule has 2 aliphatic heterocycles. The Balaban J connectivity index is 2.40. The van der Waals surface area contributed by atoms with Crippen molar-refractivity contribution in [2.24, 2.45) is 0 Å². The largest absolute Gasteiger partial charge is 0.480 e. The number of hydrogen-bond acceptors (Lipinski definition) is 6. The summed E-state index contributed by atoms with van der Waals surface area (Å²) in [6, 6.07) is -2.86. The number of rotatable bonds is 4. The van der Waals surface area contributed by atoms with E-state index < -0.39 is 50.0 Å². The number of carboxylic acids is 1. The van der Waals surface area contributed by atoms with Gasteiger partial charge in [-0.05, 0) is 71.0 Å². The standard InChI is InChI=1S/C29H51N3O7Si/c1-28(2,3)38-27(37)31-21-16-14-12-10-9-11-13-15-17-22(26(35)36)30-24(33)23-18-20(19-32(23)25(21)34)39-40(7,8)29(4,5)6/h11,13,20-23H,9-10,12,14-19H2,1-8H3,(H,30,33)(H,31,37)(H,35,36). The number of aliphatic carboxylic acids is 1. The van der Waals surface area contributed by atoms with Gasteiger partial charge in [-0.15, -0.1) is 0 Å². The van der Waals surface area contributed by atoms with Gasteiger partial charge in [-0.25, -0.2) is 9.59 Å². The number of nitrogens with one attached hydrogen (secondary N) is 2. The molecule has 0 aliphatic carbocycles. The molecule has 4 unspecified atom stereocenters. The van der Waals surface area contributed by atoms with E-state index in [-0.39, 0.29) is 36.4 Å². The van der Waals surface area contributed by atoms with Crippen LogP contribution in [0, 0.1) is 0 Å². The number of allylic oxidation sites excluding steroid dienone is 2. The molecule has 0 aromatic rings. The maximum atomic E-state index is 14.0. The summed E-state index contributed by atoms with van der Waals surface area (Å²) in [7, 11) is -2.23. The van der Waals surface area contributed by atoms with Crippen molar-refractivity contribution in [2.45, 2.75) is 141 Å². The van der Waals surface area contributed by atoms with Gasteiger partial charge in [-0.3, -0.25) is 9.59 Å². The number of alkyl carbamates (subject to hydrolysis) is 1. The highest BCUT2D eigenvalue weighted by molar-refractivity contribution is 6.74. The summed E-state index contributed by atoms with van der Waals surface area (Å²) in [5.74, 6) is -2.02. The molecule has 3 N–H and O–H groups in total. The molecule has 0 bridgehead atoms. The molecule has 2 heterocycles. The molecular formula is C29H51N3O7Si. The molecule has 3 amide bonds. The molecule has 0 aromatic heterocycles. The highest BCUT2D eigenvalue weighted by atomic mass is 28.4. The van der Waals surface area contributed by atoms with Crippen LogP contribution in [0.3, 0.4) is 0 Å². The van der Waals surface area contributed by atoms with Gasteiger partial charge in [0.1, 0.15) is 23.7 Å². The summed E-state index contributed by atoms with van der Waals surface area (Å²) in [6.07, 6.45) is 7.69. The monoisotopic (exact) mass is 581 g/mol. The van der Waals surface area contributed by atoms with Crippen molar-refractivity contribution in [3.8, 4) is 0 Å². The highest BCUT2D eigenvalue weighted by Crippen LogP contribution is 2.39. The zero-order valence-corrected chi connectivity index (χ0v) is 26.7. The van der Waals surface area contributed by atoms with Crippen LogP contribution in [0.15, 0.2) is 12.2 Å². The van der Waals surface area contributed by atoms with Crippen LogP contribution in [-0.4, -0.2) is 78.6 Å². The van der Waals surface area contributed by atoms with Crippen molar-refractivity contribution in [1.82, 2.24) is 15.5 Å². The van der Waals surface area contributed by atoms with Crippen LogP contribution in [0.2, 0.25) is 18.1 Å². The van der Waals surface area contributed by atoms with E-state index in [1.54, 1.807) is 20.8 Å². The number of carbonyl (C=O) groups excluding carboxylic acids is 3. The zero-order chi connectivity index (χ0) is 30.3. The first-order chi connectivity index (χ1) is 18.4. The predicted octanol–water partition coefficient (Wildman–Crippen LogP) is 4.74. The van der Waals surface area contributed by atoms with E-state index in [2.05, 4.69) is 44.5 Å². The molecule has 40 heavy (non-hydrogen) atoms. The van der Waals surface area contributed by atoms with Crippen LogP contribution < -0.4 is 10.6 Å². The Kier molecular flexibility index (Phi) is 11.8. The Morgan fingerprint density at radius 3 is 2.27 bits per heavy atom. The fourth-order valence-corrected chi connectivity index (χ4v) is 6.04. The first-order valence-electron chi connectivity index (χ1n) is 14.6. The lowest BCUT2D eigenvalue weighted by Crippen LogP contribution is -2.55.